The van der Waals surface area contributed by atoms with E-state index in [9.17, 15) is 8.78 Å². The molecule has 2 rings (SSSR count). The maximum Gasteiger partial charge on any atom is 0.387 e. The van der Waals surface area contributed by atoms with Crippen molar-refractivity contribution >= 4 is 5.69 Å². The number of halogens is 2. The van der Waals surface area contributed by atoms with Crippen LogP contribution in [0.1, 0.15) is 5.56 Å². The standard InChI is InChI=1S/C15H16F2N2O3/c16-15(17)22-13-4-1-11(2-5-13)9-18-12-3-6-14(19-10-12)21-8-7-20/h1-6,10,15,18,20H,7-9H2. The first kappa shape index (κ1) is 16.0. The molecule has 118 valence electrons. The number of anilines is 1. The summed E-state index contributed by atoms with van der Waals surface area (Å²) in [5.74, 6) is 0.568. The minimum Gasteiger partial charge on any atom is -0.475 e. The largest absolute Gasteiger partial charge is 0.475 e. The average molecular weight is 310 g/mol. The molecule has 0 spiro atoms. The van der Waals surface area contributed by atoms with Gasteiger partial charge in [-0.15, -0.1) is 0 Å². The minimum absolute atomic E-state index is 0.0625. The third kappa shape index (κ3) is 5.17. The SMILES string of the molecule is OCCOc1ccc(NCc2ccc(OC(F)F)cc2)cn1. The Morgan fingerprint density at radius 3 is 2.50 bits per heavy atom. The Morgan fingerprint density at radius 2 is 1.91 bits per heavy atom. The van der Waals surface area contributed by atoms with Crippen LogP contribution in [0.2, 0.25) is 0 Å². The number of rotatable bonds is 8. The van der Waals surface area contributed by atoms with Crippen LogP contribution in [-0.2, 0) is 6.54 Å². The summed E-state index contributed by atoms with van der Waals surface area (Å²) in [5.41, 5.74) is 1.71. The molecule has 5 nitrogen and oxygen atoms in total. The van der Waals surface area contributed by atoms with Gasteiger partial charge in [0, 0.05) is 12.6 Å². The molecule has 0 saturated carbocycles. The molecule has 0 aliphatic heterocycles. The molecule has 0 aliphatic carbocycles. The van der Waals surface area contributed by atoms with Crippen molar-refractivity contribution < 1.29 is 23.4 Å². The predicted octanol–water partition coefficient (Wildman–Crippen LogP) is 2.67. The molecule has 0 atom stereocenters. The van der Waals surface area contributed by atoms with Crippen LogP contribution in [0.25, 0.3) is 0 Å². The predicted molar refractivity (Wildman–Crippen MR) is 77.2 cm³/mol. The van der Waals surface area contributed by atoms with Crippen LogP contribution in [0, 0.1) is 0 Å². The fraction of sp³-hybridized carbons (Fsp3) is 0.267. The number of nitrogens with zero attached hydrogens (tertiary/aromatic N) is 1. The molecule has 2 aromatic rings. The number of hydrogen-bond acceptors (Lipinski definition) is 5. The van der Waals surface area contributed by atoms with Gasteiger partial charge in [0.15, 0.2) is 0 Å². The molecular weight excluding hydrogens is 294 g/mol. The number of ether oxygens (including phenoxy) is 2. The van der Waals surface area contributed by atoms with Crippen LogP contribution in [0.15, 0.2) is 42.6 Å². The maximum absolute atomic E-state index is 12.0. The van der Waals surface area contributed by atoms with Crippen molar-refractivity contribution in [2.45, 2.75) is 13.2 Å². The highest BCUT2D eigenvalue weighted by molar-refractivity contribution is 5.43. The van der Waals surface area contributed by atoms with Gasteiger partial charge in [0.25, 0.3) is 0 Å². The van der Waals surface area contributed by atoms with Gasteiger partial charge >= 0.3 is 6.61 Å². The molecule has 0 fully saturated rings. The first-order valence-corrected chi connectivity index (χ1v) is 6.64. The molecule has 0 amide bonds. The topological polar surface area (TPSA) is 63.6 Å². The summed E-state index contributed by atoms with van der Waals surface area (Å²) in [6.07, 6.45) is 1.61. The number of alkyl halides is 2. The van der Waals surface area contributed by atoms with Crippen molar-refractivity contribution in [3.05, 3.63) is 48.2 Å². The van der Waals surface area contributed by atoms with Crippen LogP contribution in [0.3, 0.4) is 0 Å². The van der Waals surface area contributed by atoms with E-state index in [0.717, 1.165) is 11.3 Å². The lowest BCUT2D eigenvalue weighted by molar-refractivity contribution is -0.0498. The second kappa shape index (κ2) is 8.14. The van der Waals surface area contributed by atoms with Crippen LogP contribution in [0.4, 0.5) is 14.5 Å². The number of nitrogens with one attached hydrogen (secondary N) is 1. The van der Waals surface area contributed by atoms with E-state index in [2.05, 4.69) is 15.0 Å². The Kier molecular flexibility index (Phi) is 5.91. The maximum atomic E-state index is 12.0. The lowest BCUT2D eigenvalue weighted by Crippen LogP contribution is -2.04. The molecule has 0 bridgehead atoms. The summed E-state index contributed by atoms with van der Waals surface area (Å²) < 4.78 is 33.5. The molecule has 2 N–H and O–H groups in total. The van der Waals surface area contributed by atoms with Crippen molar-refractivity contribution in [3.8, 4) is 11.6 Å². The Bertz CT molecular complexity index is 562. The summed E-state index contributed by atoms with van der Waals surface area (Å²) in [7, 11) is 0. The second-order valence-electron chi connectivity index (χ2n) is 4.33. The zero-order valence-corrected chi connectivity index (χ0v) is 11.7. The van der Waals surface area contributed by atoms with Gasteiger partial charge in [0.05, 0.1) is 18.5 Å². The van der Waals surface area contributed by atoms with Crippen molar-refractivity contribution in [3.63, 3.8) is 0 Å². The van der Waals surface area contributed by atoms with Gasteiger partial charge < -0.3 is 19.9 Å². The van der Waals surface area contributed by atoms with Gasteiger partial charge in [-0.1, -0.05) is 12.1 Å². The molecule has 0 radical (unpaired) electrons. The van der Waals surface area contributed by atoms with Crippen molar-refractivity contribution in [1.82, 2.24) is 4.98 Å². The number of aromatic nitrogens is 1. The Morgan fingerprint density at radius 1 is 1.14 bits per heavy atom. The monoisotopic (exact) mass is 310 g/mol. The minimum atomic E-state index is -2.82. The van der Waals surface area contributed by atoms with Gasteiger partial charge in [-0.2, -0.15) is 8.78 Å². The summed E-state index contributed by atoms with van der Waals surface area (Å²) in [6, 6.07) is 9.89. The summed E-state index contributed by atoms with van der Waals surface area (Å²) in [5, 5.41) is 11.8. The van der Waals surface area contributed by atoms with E-state index in [1.165, 1.54) is 12.1 Å². The smallest absolute Gasteiger partial charge is 0.387 e. The van der Waals surface area contributed by atoms with Crippen LogP contribution >= 0.6 is 0 Å². The Labute approximate surface area is 126 Å². The van der Waals surface area contributed by atoms with E-state index in [4.69, 9.17) is 9.84 Å². The number of aliphatic hydroxyl groups is 1. The molecule has 22 heavy (non-hydrogen) atoms. The zero-order chi connectivity index (χ0) is 15.8. The summed E-state index contributed by atoms with van der Waals surface area (Å²) in [4.78, 5) is 4.08. The highest BCUT2D eigenvalue weighted by atomic mass is 19.3. The molecule has 1 aromatic carbocycles. The Balaban J connectivity index is 1.84. The quantitative estimate of drug-likeness (QED) is 0.785. The van der Waals surface area contributed by atoms with Gasteiger partial charge in [0.2, 0.25) is 5.88 Å². The van der Waals surface area contributed by atoms with E-state index in [1.807, 2.05) is 0 Å². The second-order valence-corrected chi connectivity index (χ2v) is 4.33. The molecule has 0 unspecified atom stereocenters. The highest BCUT2D eigenvalue weighted by Crippen LogP contribution is 2.16. The van der Waals surface area contributed by atoms with Crippen LogP contribution in [0.5, 0.6) is 11.6 Å². The van der Waals surface area contributed by atoms with Gasteiger partial charge in [-0.05, 0) is 23.8 Å². The van der Waals surface area contributed by atoms with Gasteiger partial charge in [-0.3, -0.25) is 0 Å². The third-order valence-corrected chi connectivity index (χ3v) is 2.72. The van der Waals surface area contributed by atoms with Crippen molar-refractivity contribution in [1.29, 1.82) is 0 Å². The van der Waals surface area contributed by atoms with Crippen molar-refractivity contribution in [2.24, 2.45) is 0 Å². The van der Waals surface area contributed by atoms with Gasteiger partial charge in [-0.25, -0.2) is 4.98 Å². The molecule has 7 heteroatoms. The van der Waals surface area contributed by atoms with E-state index < -0.39 is 6.61 Å². The van der Waals surface area contributed by atoms with Crippen molar-refractivity contribution in [2.75, 3.05) is 18.5 Å². The highest BCUT2D eigenvalue weighted by Gasteiger charge is 2.03. The normalized spacial score (nSPS) is 10.5. The number of hydrogen-bond donors (Lipinski definition) is 2. The first-order valence-electron chi connectivity index (χ1n) is 6.64. The number of benzene rings is 1. The zero-order valence-electron chi connectivity index (χ0n) is 11.7. The molecule has 1 aromatic heterocycles. The van der Waals surface area contributed by atoms with E-state index >= 15 is 0 Å². The first-order chi connectivity index (χ1) is 10.7. The number of aliphatic hydroxyl groups excluding tert-OH is 1. The molecule has 0 saturated heterocycles. The fourth-order valence-electron chi connectivity index (χ4n) is 1.71. The average Bonchev–Trinajstić information content (AvgIpc) is 2.53. The van der Waals surface area contributed by atoms with Crippen LogP contribution in [-0.4, -0.2) is 29.9 Å². The lowest BCUT2D eigenvalue weighted by atomic mass is 10.2. The Hall–Kier alpha value is -2.41. The molecular formula is C15H16F2N2O3. The van der Waals surface area contributed by atoms with Crippen LogP contribution < -0.4 is 14.8 Å². The number of pyridine rings is 1. The van der Waals surface area contributed by atoms with Gasteiger partial charge in [0.1, 0.15) is 12.4 Å². The summed E-state index contributed by atoms with van der Waals surface area (Å²) >= 11 is 0. The van der Waals surface area contributed by atoms with E-state index in [-0.39, 0.29) is 19.0 Å². The molecule has 0 aliphatic rings. The summed E-state index contributed by atoms with van der Waals surface area (Å²) in [6.45, 7) is -2.16. The third-order valence-electron chi connectivity index (χ3n) is 2.72. The van der Waals surface area contributed by atoms with E-state index in [1.54, 1.807) is 30.5 Å². The lowest BCUT2D eigenvalue weighted by Gasteiger charge is -2.09. The van der Waals surface area contributed by atoms with E-state index in [0.29, 0.717) is 12.4 Å². The fourth-order valence-corrected chi connectivity index (χ4v) is 1.71. The molecule has 1 heterocycles.